The summed E-state index contributed by atoms with van der Waals surface area (Å²) in [4.78, 5) is 27.4. The molecule has 1 saturated carbocycles. The zero-order chi connectivity index (χ0) is 23.8. The Morgan fingerprint density at radius 1 is 1.06 bits per heavy atom. The summed E-state index contributed by atoms with van der Waals surface area (Å²) in [5, 5.41) is 3.98. The molecule has 6 rings (SSSR count). The van der Waals surface area contributed by atoms with Crippen molar-refractivity contribution in [3.05, 3.63) is 58.7 Å². The summed E-state index contributed by atoms with van der Waals surface area (Å²) in [6.45, 7) is 5.08. The van der Waals surface area contributed by atoms with Crippen molar-refractivity contribution in [1.82, 2.24) is 19.4 Å². The Hall–Kier alpha value is -3.19. The Morgan fingerprint density at radius 3 is 2.57 bits per heavy atom. The lowest BCUT2D eigenvalue weighted by atomic mass is 9.93. The van der Waals surface area contributed by atoms with Gasteiger partial charge in [0.1, 0.15) is 0 Å². The third kappa shape index (κ3) is 4.82. The summed E-state index contributed by atoms with van der Waals surface area (Å²) in [7, 11) is 2.17. The first-order chi connectivity index (χ1) is 17.1. The second-order valence-electron chi connectivity index (χ2n) is 10.3. The number of likely N-dealkylation sites (N-methyl/N-ethyl adjacent to an activating group) is 1. The molecule has 0 amide bonds. The van der Waals surface area contributed by atoms with Gasteiger partial charge in [0.25, 0.3) is 5.56 Å². The predicted molar refractivity (Wildman–Crippen MR) is 142 cm³/mol. The van der Waals surface area contributed by atoms with Gasteiger partial charge < -0.3 is 19.7 Å². The van der Waals surface area contributed by atoms with Crippen molar-refractivity contribution < 1.29 is 0 Å². The summed E-state index contributed by atoms with van der Waals surface area (Å²) in [5.74, 6) is 1.16. The summed E-state index contributed by atoms with van der Waals surface area (Å²) in [6, 6.07) is 8.48. The third-order valence-corrected chi connectivity index (χ3v) is 7.60. The van der Waals surface area contributed by atoms with Crippen molar-refractivity contribution in [2.45, 2.75) is 45.1 Å². The van der Waals surface area contributed by atoms with E-state index in [0.29, 0.717) is 17.3 Å². The lowest BCUT2D eigenvalue weighted by molar-refractivity contribution is 0.313. The minimum atomic E-state index is 0.0233. The number of benzene rings is 1. The van der Waals surface area contributed by atoms with Crippen molar-refractivity contribution >= 4 is 33.8 Å². The number of pyridine rings is 1. The Balaban J connectivity index is 1.30. The molecule has 2 fully saturated rings. The van der Waals surface area contributed by atoms with Gasteiger partial charge in [0, 0.05) is 62.1 Å². The van der Waals surface area contributed by atoms with E-state index in [1.165, 1.54) is 36.9 Å². The predicted octanol–water partition coefficient (Wildman–Crippen LogP) is 4.65. The van der Waals surface area contributed by atoms with Crippen molar-refractivity contribution in [1.29, 1.82) is 0 Å². The average Bonchev–Trinajstić information content (AvgIpc) is 3.71. The van der Waals surface area contributed by atoms with Gasteiger partial charge in [-0.1, -0.05) is 6.08 Å². The number of aromatic nitrogens is 3. The summed E-state index contributed by atoms with van der Waals surface area (Å²) in [5.41, 5.74) is 5.38. The van der Waals surface area contributed by atoms with Crippen LogP contribution < -0.4 is 15.8 Å². The summed E-state index contributed by atoms with van der Waals surface area (Å²) < 4.78 is 1.90. The van der Waals surface area contributed by atoms with Gasteiger partial charge in [-0.2, -0.15) is 0 Å². The second-order valence-corrected chi connectivity index (χ2v) is 10.3. The van der Waals surface area contributed by atoms with Crippen LogP contribution in [-0.4, -0.2) is 52.7 Å². The van der Waals surface area contributed by atoms with Gasteiger partial charge in [0.05, 0.1) is 10.9 Å². The van der Waals surface area contributed by atoms with Crippen LogP contribution in [0.2, 0.25) is 0 Å². The lowest BCUT2D eigenvalue weighted by Gasteiger charge is -2.34. The molecule has 7 heteroatoms. The molecule has 0 unspecified atom stereocenters. The number of piperazine rings is 1. The number of nitrogens with zero attached hydrogens (tertiary/aromatic N) is 5. The molecule has 0 atom stereocenters. The van der Waals surface area contributed by atoms with Crippen molar-refractivity contribution in [3.8, 4) is 0 Å². The van der Waals surface area contributed by atoms with Gasteiger partial charge in [-0.25, -0.2) is 9.97 Å². The zero-order valence-corrected chi connectivity index (χ0v) is 20.5. The van der Waals surface area contributed by atoms with Crippen molar-refractivity contribution in [3.63, 3.8) is 0 Å². The maximum absolute atomic E-state index is 13.2. The van der Waals surface area contributed by atoms with E-state index in [-0.39, 0.29) is 5.56 Å². The third-order valence-electron chi connectivity index (χ3n) is 7.60. The Bertz CT molecular complexity index is 1300. The molecule has 3 aliphatic rings. The molecule has 35 heavy (non-hydrogen) atoms. The first kappa shape index (κ1) is 22.3. The fourth-order valence-corrected chi connectivity index (χ4v) is 5.22. The maximum atomic E-state index is 13.2. The molecule has 0 bridgehead atoms. The quantitative estimate of drug-likeness (QED) is 0.566. The molecule has 1 aliphatic heterocycles. The van der Waals surface area contributed by atoms with E-state index in [1.807, 2.05) is 4.57 Å². The van der Waals surface area contributed by atoms with Crippen LogP contribution in [0.1, 0.15) is 44.1 Å². The van der Waals surface area contributed by atoms with Crippen LogP contribution in [0.15, 0.2) is 47.5 Å². The van der Waals surface area contributed by atoms with Crippen LogP contribution >= 0.6 is 0 Å². The standard InChI is InChI=1S/C28H34N6O/c1-32-13-15-33(16-14-32)23-11-9-22(10-12-23)30-28-29-17-24-26(31-28)25(21-5-3-2-4-6-21)19-34(27(24)35)18-20-7-8-20/h5,9-12,17,19-20H,2-4,6-8,13-16,18H2,1H3,(H,29,30,31). The molecule has 0 radical (unpaired) electrons. The SMILES string of the molecule is CN1CCN(c2ccc(Nc3ncc4c(=O)n(CC5CC5)cc(C5=CCCCC5)c4n3)cc2)CC1. The molecule has 0 spiro atoms. The highest BCUT2D eigenvalue weighted by Gasteiger charge is 2.24. The number of nitrogens with one attached hydrogen (secondary N) is 1. The fraction of sp³-hybridized carbons (Fsp3) is 0.464. The Labute approximate surface area is 206 Å². The molecule has 3 heterocycles. The molecular formula is C28H34N6O. The number of allylic oxidation sites excluding steroid dienone is 2. The van der Waals surface area contributed by atoms with E-state index in [2.05, 4.69) is 63.7 Å². The van der Waals surface area contributed by atoms with E-state index in [0.717, 1.165) is 62.3 Å². The Kier molecular flexibility index (Phi) is 6.02. The summed E-state index contributed by atoms with van der Waals surface area (Å²) in [6.07, 6.45) is 13.1. The van der Waals surface area contributed by atoms with E-state index in [9.17, 15) is 4.79 Å². The first-order valence-corrected chi connectivity index (χ1v) is 13.0. The van der Waals surface area contributed by atoms with E-state index in [4.69, 9.17) is 4.98 Å². The van der Waals surface area contributed by atoms with Crippen LogP contribution in [0.5, 0.6) is 0 Å². The minimum Gasteiger partial charge on any atom is -0.369 e. The van der Waals surface area contributed by atoms with Crippen LogP contribution in [0.25, 0.3) is 16.5 Å². The zero-order valence-electron chi connectivity index (χ0n) is 20.5. The van der Waals surface area contributed by atoms with E-state index in [1.54, 1.807) is 6.20 Å². The number of hydrogen-bond acceptors (Lipinski definition) is 6. The molecular weight excluding hydrogens is 436 g/mol. The number of anilines is 3. The van der Waals surface area contributed by atoms with Crippen molar-refractivity contribution in [2.24, 2.45) is 5.92 Å². The highest BCUT2D eigenvalue weighted by Crippen LogP contribution is 2.33. The molecule has 2 aliphatic carbocycles. The smallest absolute Gasteiger partial charge is 0.261 e. The Morgan fingerprint density at radius 2 is 1.86 bits per heavy atom. The average molecular weight is 471 g/mol. The van der Waals surface area contributed by atoms with Gasteiger partial charge in [0.2, 0.25) is 5.95 Å². The van der Waals surface area contributed by atoms with Crippen molar-refractivity contribution in [2.75, 3.05) is 43.4 Å². The van der Waals surface area contributed by atoms with Gasteiger partial charge in [-0.3, -0.25) is 4.79 Å². The number of hydrogen-bond donors (Lipinski definition) is 1. The molecule has 2 aromatic heterocycles. The minimum absolute atomic E-state index is 0.0233. The van der Waals surface area contributed by atoms with E-state index < -0.39 is 0 Å². The second kappa shape index (κ2) is 9.46. The van der Waals surface area contributed by atoms with Gasteiger partial charge in [-0.05, 0) is 81.3 Å². The molecule has 7 nitrogen and oxygen atoms in total. The lowest BCUT2D eigenvalue weighted by Crippen LogP contribution is -2.44. The topological polar surface area (TPSA) is 66.3 Å². The van der Waals surface area contributed by atoms with Gasteiger partial charge >= 0.3 is 0 Å². The fourth-order valence-electron chi connectivity index (χ4n) is 5.22. The largest absolute Gasteiger partial charge is 0.369 e. The highest BCUT2D eigenvalue weighted by molar-refractivity contribution is 5.90. The molecule has 1 saturated heterocycles. The molecule has 1 aromatic carbocycles. The molecule has 1 N–H and O–H groups in total. The number of fused-ring (bicyclic) bond motifs is 1. The summed E-state index contributed by atoms with van der Waals surface area (Å²) >= 11 is 0. The van der Waals surface area contributed by atoms with Crippen LogP contribution in [0.4, 0.5) is 17.3 Å². The first-order valence-electron chi connectivity index (χ1n) is 13.0. The molecule has 3 aromatic rings. The highest BCUT2D eigenvalue weighted by atomic mass is 16.1. The molecule has 182 valence electrons. The van der Waals surface area contributed by atoms with E-state index >= 15 is 0 Å². The monoisotopic (exact) mass is 470 g/mol. The normalized spacial score (nSPS) is 19.1. The maximum Gasteiger partial charge on any atom is 0.261 e. The van der Waals surface area contributed by atoms with Gasteiger partial charge in [-0.15, -0.1) is 0 Å². The van der Waals surface area contributed by atoms with Crippen LogP contribution in [-0.2, 0) is 6.54 Å². The van der Waals surface area contributed by atoms with Crippen LogP contribution in [0, 0.1) is 5.92 Å². The van der Waals surface area contributed by atoms with Gasteiger partial charge in [0.15, 0.2) is 0 Å². The van der Waals surface area contributed by atoms with Crippen LogP contribution in [0.3, 0.4) is 0 Å². The number of rotatable bonds is 6.